The number of carbonyl (C=O) groups excluding carboxylic acids is 3. The van der Waals surface area contributed by atoms with E-state index in [0.717, 1.165) is 42.1 Å². The lowest BCUT2D eigenvalue weighted by atomic mass is 9.53. The molecule has 2 heterocycles. The first-order chi connectivity index (χ1) is 17.6. The molecule has 4 saturated carbocycles. The van der Waals surface area contributed by atoms with Crippen molar-refractivity contribution in [2.24, 2.45) is 23.7 Å². The highest BCUT2D eigenvalue weighted by atomic mass is 127. The van der Waals surface area contributed by atoms with Crippen LogP contribution in [0.1, 0.15) is 77.2 Å². The van der Waals surface area contributed by atoms with E-state index >= 15 is 0 Å². The zero-order chi connectivity index (χ0) is 25.9. The van der Waals surface area contributed by atoms with Gasteiger partial charge in [0.05, 0.1) is 0 Å². The first-order valence-corrected chi connectivity index (χ1v) is 15.8. The van der Waals surface area contributed by atoms with Gasteiger partial charge < -0.3 is 19.1 Å². The van der Waals surface area contributed by atoms with Crippen LogP contribution < -0.4 is 0 Å². The van der Waals surface area contributed by atoms with Gasteiger partial charge in [-0.05, 0) is 101 Å². The van der Waals surface area contributed by atoms with Gasteiger partial charge in [-0.2, -0.15) is 0 Å². The fourth-order valence-corrected chi connectivity index (χ4v) is 9.37. The van der Waals surface area contributed by atoms with E-state index in [1.165, 1.54) is 12.0 Å². The standard InChI is InChI=1S/C29H36INO6/c1-28(2,3)37-27(34)31-10-8-20(9-11-31)19-4-6-23(7-5-19)30-24-25(32)35-29(36-26(24)33)21-13-17-12-18(15-21)16-22(29)14-17/h4-7,17-18,20-22H,8-16H2,1-3H3. The molecule has 1 aromatic carbocycles. The number of likely N-dealkylation sites (tertiary alicyclic amines) is 1. The number of hydrogen-bond donors (Lipinski definition) is 0. The molecule has 6 aliphatic rings. The highest BCUT2D eigenvalue weighted by molar-refractivity contribution is 14.2. The number of ether oxygens (including phenoxy) is 3. The molecule has 0 N–H and O–H groups in total. The van der Waals surface area contributed by atoms with Gasteiger partial charge in [0.25, 0.3) is 5.79 Å². The molecule has 1 spiro atoms. The normalized spacial score (nSPS) is 33.5. The van der Waals surface area contributed by atoms with Crippen LogP contribution in [-0.4, -0.2) is 50.9 Å². The lowest BCUT2D eigenvalue weighted by Crippen LogP contribution is -2.65. The Bertz CT molecular complexity index is 1080. The predicted molar refractivity (Wildman–Crippen MR) is 146 cm³/mol. The van der Waals surface area contributed by atoms with E-state index in [1.54, 1.807) is 4.90 Å². The van der Waals surface area contributed by atoms with Crippen LogP contribution in [0.15, 0.2) is 24.3 Å². The predicted octanol–water partition coefficient (Wildman–Crippen LogP) is 5.37. The highest BCUT2D eigenvalue weighted by Crippen LogP contribution is 2.60. The van der Waals surface area contributed by atoms with E-state index in [1.807, 2.05) is 32.9 Å². The largest absolute Gasteiger partial charge is 0.444 e. The number of carbonyl (C=O) groups is 3. The number of amides is 1. The van der Waals surface area contributed by atoms with E-state index in [0.29, 0.717) is 30.8 Å². The van der Waals surface area contributed by atoms with Crippen LogP contribution in [0.25, 0.3) is 0 Å². The van der Waals surface area contributed by atoms with Crippen molar-refractivity contribution >= 4 is 42.3 Å². The van der Waals surface area contributed by atoms with Crippen LogP contribution in [0.2, 0.25) is 0 Å². The van der Waals surface area contributed by atoms with E-state index in [4.69, 9.17) is 14.2 Å². The van der Waals surface area contributed by atoms with Crippen molar-refractivity contribution in [3.63, 3.8) is 0 Å². The average molecular weight is 622 g/mol. The molecule has 0 radical (unpaired) electrons. The van der Waals surface area contributed by atoms with Gasteiger partial charge in [-0.15, -0.1) is 0 Å². The molecule has 8 heteroatoms. The minimum atomic E-state index is -1.01. The van der Waals surface area contributed by atoms with Gasteiger partial charge in [-0.1, -0.05) is 32.9 Å². The SMILES string of the molecule is CC(C)(C)OC(=O)N1CCC(c2ccc(I=C3C(=O)OC4(OC3=O)C3CC5CC(C3)CC4C5)cc2)CC1. The Balaban J connectivity index is 1.10. The van der Waals surface area contributed by atoms with Crippen LogP contribution in [0.4, 0.5) is 4.79 Å². The maximum atomic E-state index is 13.1. The monoisotopic (exact) mass is 621 g/mol. The van der Waals surface area contributed by atoms with E-state index < -0.39 is 44.1 Å². The summed E-state index contributed by atoms with van der Waals surface area (Å²) in [7, 11) is 0. The van der Waals surface area contributed by atoms with Gasteiger partial charge in [-0.25, -0.2) is 14.4 Å². The summed E-state index contributed by atoms with van der Waals surface area (Å²) in [6, 6.07) is 8.26. The Morgan fingerprint density at radius 2 is 1.46 bits per heavy atom. The average Bonchev–Trinajstić information content (AvgIpc) is 2.84. The van der Waals surface area contributed by atoms with Gasteiger partial charge in [0.2, 0.25) is 0 Å². The third-order valence-electron chi connectivity index (χ3n) is 8.83. The third-order valence-corrected chi connectivity index (χ3v) is 11.6. The first-order valence-electron chi connectivity index (χ1n) is 13.7. The number of rotatable bonds is 2. The Labute approximate surface area is 228 Å². The Kier molecular flexibility index (Phi) is 6.39. The molecular weight excluding hydrogens is 585 g/mol. The molecule has 0 aromatic heterocycles. The highest BCUT2D eigenvalue weighted by Gasteiger charge is 2.64. The molecule has 4 bridgehead atoms. The maximum Gasteiger partial charge on any atom is 0.410 e. The van der Waals surface area contributed by atoms with Gasteiger partial charge in [0.15, 0.2) is 3.51 Å². The van der Waals surface area contributed by atoms with Crippen molar-refractivity contribution in [3.05, 3.63) is 33.4 Å². The molecule has 1 aromatic rings. The summed E-state index contributed by atoms with van der Waals surface area (Å²) in [6.07, 6.45) is 6.85. The van der Waals surface area contributed by atoms with Crippen molar-refractivity contribution < 1.29 is 28.6 Å². The first kappa shape index (κ1) is 25.3. The number of piperidine rings is 1. The van der Waals surface area contributed by atoms with Crippen LogP contribution in [0.3, 0.4) is 0 Å². The summed E-state index contributed by atoms with van der Waals surface area (Å²) in [5.74, 6) is 0.199. The van der Waals surface area contributed by atoms with E-state index in [2.05, 4.69) is 12.1 Å². The van der Waals surface area contributed by atoms with Crippen molar-refractivity contribution in [1.82, 2.24) is 4.90 Å². The van der Waals surface area contributed by atoms with Crippen molar-refractivity contribution in [2.75, 3.05) is 13.1 Å². The molecule has 7 nitrogen and oxygen atoms in total. The number of halogens is 1. The molecular formula is C29H36INO6. The summed E-state index contributed by atoms with van der Waals surface area (Å²) in [5, 5.41) is 0. The van der Waals surface area contributed by atoms with Crippen molar-refractivity contribution in [3.8, 4) is 0 Å². The van der Waals surface area contributed by atoms with Crippen LogP contribution in [0.5, 0.6) is 0 Å². The zero-order valence-corrected chi connectivity index (χ0v) is 24.0. The van der Waals surface area contributed by atoms with Crippen molar-refractivity contribution in [2.45, 2.75) is 83.0 Å². The zero-order valence-electron chi connectivity index (χ0n) is 21.8. The molecule has 2 saturated heterocycles. The minimum absolute atomic E-state index is 0.164. The smallest absolute Gasteiger partial charge is 0.410 e. The summed E-state index contributed by atoms with van der Waals surface area (Å²) in [5.41, 5.74) is 0.737. The molecule has 6 fully saturated rings. The Morgan fingerprint density at radius 1 is 0.919 bits per heavy atom. The van der Waals surface area contributed by atoms with Gasteiger partial charge in [-0.3, -0.25) is 0 Å². The summed E-state index contributed by atoms with van der Waals surface area (Å²) in [6.45, 7) is 7.00. The number of benzene rings is 1. The molecule has 1 amide bonds. The number of nitrogens with zero attached hydrogens (tertiary/aromatic N) is 1. The Morgan fingerprint density at radius 3 is 1.97 bits per heavy atom. The quantitative estimate of drug-likeness (QED) is 0.327. The summed E-state index contributed by atoms with van der Waals surface area (Å²) in [4.78, 5) is 40.4. The van der Waals surface area contributed by atoms with Gasteiger partial charge in [0.1, 0.15) is 5.60 Å². The Hall–Kier alpha value is -1.97. The number of esters is 2. The molecule has 0 unspecified atom stereocenters. The summed E-state index contributed by atoms with van der Waals surface area (Å²) >= 11 is -0.993. The third kappa shape index (κ3) is 4.83. The van der Waals surface area contributed by atoms with E-state index in [9.17, 15) is 14.4 Å². The molecule has 4 aliphatic carbocycles. The molecule has 2 aliphatic heterocycles. The van der Waals surface area contributed by atoms with Crippen molar-refractivity contribution in [1.29, 1.82) is 0 Å². The maximum absolute atomic E-state index is 13.1. The second-order valence-corrected chi connectivity index (χ2v) is 15.4. The van der Waals surface area contributed by atoms with E-state index in [-0.39, 0.29) is 21.4 Å². The molecule has 0 atom stereocenters. The van der Waals surface area contributed by atoms with Crippen LogP contribution >= 0.6 is 20.7 Å². The topological polar surface area (TPSA) is 82.1 Å². The van der Waals surface area contributed by atoms with Crippen LogP contribution in [0, 0.1) is 27.2 Å². The lowest BCUT2D eigenvalue weighted by Gasteiger charge is -2.59. The molecule has 37 heavy (non-hydrogen) atoms. The molecule has 7 rings (SSSR count). The molecule has 200 valence electrons. The van der Waals surface area contributed by atoms with Gasteiger partial charge >= 0.3 is 18.0 Å². The fraction of sp³-hybridized carbons (Fsp3) is 0.655. The second kappa shape index (κ2) is 9.35. The van der Waals surface area contributed by atoms with Crippen LogP contribution in [-0.2, 0) is 23.8 Å². The minimum Gasteiger partial charge on any atom is -0.444 e. The second-order valence-electron chi connectivity index (χ2n) is 12.5. The summed E-state index contributed by atoms with van der Waals surface area (Å²) < 4.78 is 18.8. The van der Waals surface area contributed by atoms with Gasteiger partial charge in [0, 0.05) is 28.5 Å². The fourth-order valence-electron chi connectivity index (χ4n) is 7.36. The number of hydrogen-bond acceptors (Lipinski definition) is 6. The lowest BCUT2D eigenvalue weighted by molar-refractivity contribution is -0.308.